The van der Waals surface area contributed by atoms with Gasteiger partial charge in [0.2, 0.25) is 5.78 Å². The quantitative estimate of drug-likeness (QED) is 0.447. The van der Waals surface area contributed by atoms with Gasteiger partial charge in [-0.3, -0.25) is 9.59 Å². The van der Waals surface area contributed by atoms with Crippen LogP contribution in [-0.4, -0.2) is 18.8 Å². The van der Waals surface area contributed by atoms with Crippen molar-refractivity contribution in [1.29, 1.82) is 0 Å². The second-order valence-corrected chi connectivity index (χ2v) is 7.09. The topological polar surface area (TPSA) is 68.5 Å². The zero-order valence-electron chi connectivity index (χ0n) is 17.0. The number of fused-ring (bicyclic) bond motifs is 1. The Morgan fingerprint density at radius 2 is 1.67 bits per heavy atom. The lowest BCUT2D eigenvalue weighted by atomic mass is 10.0. The van der Waals surface area contributed by atoms with Gasteiger partial charge in [0.1, 0.15) is 11.3 Å². The van der Waals surface area contributed by atoms with E-state index in [4.69, 9.17) is 9.15 Å². The first-order chi connectivity index (χ1) is 14.5. The SMILES string of the molecule is COc1ccc(C(=O)c2oc3ccc(NC(=O)c4ccccc4C)cc3c2C)cc1. The van der Waals surface area contributed by atoms with Gasteiger partial charge in [-0.1, -0.05) is 18.2 Å². The van der Waals surface area contributed by atoms with Crippen molar-refractivity contribution in [2.24, 2.45) is 0 Å². The first-order valence-electron chi connectivity index (χ1n) is 9.57. The molecule has 0 atom stereocenters. The molecule has 5 heteroatoms. The van der Waals surface area contributed by atoms with Crippen LogP contribution in [0.25, 0.3) is 11.0 Å². The van der Waals surface area contributed by atoms with Gasteiger partial charge in [0, 0.05) is 27.8 Å². The monoisotopic (exact) mass is 399 g/mol. The predicted molar refractivity (Wildman–Crippen MR) is 117 cm³/mol. The Bertz CT molecular complexity index is 1250. The zero-order chi connectivity index (χ0) is 21.3. The van der Waals surface area contributed by atoms with Crippen molar-refractivity contribution in [2.75, 3.05) is 12.4 Å². The summed E-state index contributed by atoms with van der Waals surface area (Å²) < 4.78 is 11.0. The number of aryl methyl sites for hydroxylation is 2. The van der Waals surface area contributed by atoms with Crippen LogP contribution in [0.3, 0.4) is 0 Å². The van der Waals surface area contributed by atoms with Crippen molar-refractivity contribution in [1.82, 2.24) is 0 Å². The van der Waals surface area contributed by atoms with Crippen LogP contribution in [0.4, 0.5) is 5.69 Å². The van der Waals surface area contributed by atoms with Crippen molar-refractivity contribution < 1.29 is 18.7 Å². The first-order valence-corrected chi connectivity index (χ1v) is 9.57. The van der Waals surface area contributed by atoms with E-state index in [0.29, 0.717) is 28.1 Å². The van der Waals surface area contributed by atoms with Gasteiger partial charge in [0.25, 0.3) is 5.91 Å². The van der Waals surface area contributed by atoms with Gasteiger partial charge in [0.05, 0.1) is 7.11 Å². The van der Waals surface area contributed by atoms with Gasteiger partial charge in [-0.25, -0.2) is 0 Å². The second-order valence-electron chi connectivity index (χ2n) is 7.09. The molecular weight excluding hydrogens is 378 g/mol. The number of carbonyl (C=O) groups excluding carboxylic acids is 2. The highest BCUT2D eigenvalue weighted by Crippen LogP contribution is 2.30. The first kappa shape index (κ1) is 19.5. The van der Waals surface area contributed by atoms with Crippen LogP contribution >= 0.6 is 0 Å². The van der Waals surface area contributed by atoms with E-state index in [9.17, 15) is 9.59 Å². The third-order valence-corrected chi connectivity index (χ3v) is 5.14. The molecular formula is C25H21NO4. The minimum absolute atomic E-state index is 0.178. The van der Waals surface area contributed by atoms with E-state index >= 15 is 0 Å². The number of hydrogen-bond acceptors (Lipinski definition) is 4. The van der Waals surface area contributed by atoms with Crippen molar-refractivity contribution in [3.63, 3.8) is 0 Å². The molecule has 1 N–H and O–H groups in total. The molecule has 1 amide bonds. The van der Waals surface area contributed by atoms with E-state index in [1.807, 2.05) is 38.1 Å². The molecule has 0 aliphatic rings. The van der Waals surface area contributed by atoms with Crippen LogP contribution in [0, 0.1) is 13.8 Å². The maximum Gasteiger partial charge on any atom is 0.255 e. The molecule has 0 saturated carbocycles. The summed E-state index contributed by atoms with van der Waals surface area (Å²) in [6.45, 7) is 3.74. The van der Waals surface area contributed by atoms with E-state index in [1.165, 1.54) is 0 Å². The van der Waals surface area contributed by atoms with E-state index in [0.717, 1.165) is 16.5 Å². The lowest BCUT2D eigenvalue weighted by Crippen LogP contribution is -2.13. The van der Waals surface area contributed by atoms with Crippen LogP contribution in [0.15, 0.2) is 71.1 Å². The van der Waals surface area contributed by atoms with E-state index in [2.05, 4.69) is 5.32 Å². The van der Waals surface area contributed by atoms with Crippen LogP contribution in [0.1, 0.15) is 37.6 Å². The molecule has 0 fully saturated rings. The fourth-order valence-electron chi connectivity index (χ4n) is 3.41. The molecule has 0 aliphatic carbocycles. The van der Waals surface area contributed by atoms with Crippen LogP contribution in [0.5, 0.6) is 5.75 Å². The number of rotatable bonds is 5. The van der Waals surface area contributed by atoms with Crippen molar-refractivity contribution in [2.45, 2.75) is 13.8 Å². The summed E-state index contributed by atoms with van der Waals surface area (Å²) in [5, 5.41) is 3.71. The number of carbonyl (C=O) groups is 2. The van der Waals surface area contributed by atoms with Crippen molar-refractivity contribution >= 4 is 28.3 Å². The summed E-state index contributed by atoms with van der Waals surface area (Å²) in [7, 11) is 1.58. The molecule has 3 aromatic carbocycles. The highest BCUT2D eigenvalue weighted by Gasteiger charge is 2.20. The summed E-state index contributed by atoms with van der Waals surface area (Å²) >= 11 is 0. The summed E-state index contributed by atoms with van der Waals surface area (Å²) in [5.41, 5.74) is 4.02. The third-order valence-electron chi connectivity index (χ3n) is 5.14. The van der Waals surface area contributed by atoms with Gasteiger partial charge in [-0.15, -0.1) is 0 Å². The fraction of sp³-hybridized carbons (Fsp3) is 0.120. The lowest BCUT2D eigenvalue weighted by molar-refractivity contribution is 0.101. The minimum atomic E-state index is -0.197. The highest BCUT2D eigenvalue weighted by molar-refractivity contribution is 6.11. The molecule has 0 bridgehead atoms. The molecule has 0 saturated heterocycles. The van der Waals surface area contributed by atoms with E-state index in [1.54, 1.807) is 49.6 Å². The molecule has 0 spiro atoms. The van der Waals surface area contributed by atoms with Crippen LogP contribution < -0.4 is 10.1 Å². The Balaban J connectivity index is 1.64. The van der Waals surface area contributed by atoms with Crippen molar-refractivity contribution in [3.05, 3.63) is 94.7 Å². The largest absolute Gasteiger partial charge is 0.497 e. The molecule has 150 valence electrons. The zero-order valence-corrected chi connectivity index (χ0v) is 17.0. The molecule has 4 rings (SSSR count). The standard InChI is InChI=1S/C25H21NO4/c1-15-6-4-5-7-20(15)25(28)26-18-10-13-22-21(14-18)16(2)24(30-22)23(27)17-8-11-19(29-3)12-9-17/h4-14H,1-3H3,(H,26,28). The van der Waals surface area contributed by atoms with Gasteiger partial charge in [-0.05, 0) is 67.9 Å². The average Bonchev–Trinajstić information content (AvgIpc) is 3.09. The minimum Gasteiger partial charge on any atom is -0.497 e. The number of furan rings is 1. The Morgan fingerprint density at radius 3 is 2.37 bits per heavy atom. The number of benzene rings is 3. The number of ketones is 1. The number of nitrogens with one attached hydrogen (secondary N) is 1. The molecule has 0 aliphatic heterocycles. The Kier molecular flexibility index (Phi) is 5.11. The molecule has 4 aromatic rings. The molecule has 0 unspecified atom stereocenters. The third kappa shape index (κ3) is 3.57. The number of amides is 1. The fourth-order valence-corrected chi connectivity index (χ4v) is 3.41. The second kappa shape index (κ2) is 7.87. The smallest absolute Gasteiger partial charge is 0.255 e. The normalized spacial score (nSPS) is 10.8. The highest BCUT2D eigenvalue weighted by atomic mass is 16.5. The molecule has 1 heterocycles. The lowest BCUT2D eigenvalue weighted by Gasteiger charge is -2.07. The molecule has 1 aromatic heterocycles. The van der Waals surface area contributed by atoms with Gasteiger partial charge in [0.15, 0.2) is 5.76 Å². The van der Waals surface area contributed by atoms with Crippen LogP contribution in [-0.2, 0) is 0 Å². The number of hydrogen-bond donors (Lipinski definition) is 1. The molecule has 5 nitrogen and oxygen atoms in total. The predicted octanol–water partition coefficient (Wildman–Crippen LogP) is 5.54. The summed E-state index contributed by atoms with van der Waals surface area (Å²) in [5.74, 6) is 0.597. The average molecular weight is 399 g/mol. The van der Waals surface area contributed by atoms with Gasteiger partial charge >= 0.3 is 0 Å². The summed E-state index contributed by atoms with van der Waals surface area (Å²) in [6.07, 6.45) is 0. The summed E-state index contributed by atoms with van der Waals surface area (Å²) in [6, 6.07) is 19.7. The van der Waals surface area contributed by atoms with Gasteiger partial charge in [-0.2, -0.15) is 0 Å². The Hall–Kier alpha value is -3.86. The molecule has 0 radical (unpaired) electrons. The maximum absolute atomic E-state index is 12.9. The number of ether oxygens (including phenoxy) is 1. The van der Waals surface area contributed by atoms with Crippen LogP contribution in [0.2, 0.25) is 0 Å². The van der Waals surface area contributed by atoms with Crippen molar-refractivity contribution in [3.8, 4) is 5.75 Å². The molecule has 30 heavy (non-hydrogen) atoms. The van der Waals surface area contributed by atoms with E-state index in [-0.39, 0.29) is 17.5 Å². The maximum atomic E-state index is 12.9. The summed E-state index contributed by atoms with van der Waals surface area (Å²) in [4.78, 5) is 25.5. The van der Waals surface area contributed by atoms with Gasteiger partial charge < -0.3 is 14.5 Å². The number of anilines is 1. The Labute approximate surface area is 174 Å². The number of methoxy groups -OCH3 is 1. The van der Waals surface area contributed by atoms with E-state index < -0.39 is 0 Å². The Morgan fingerprint density at radius 1 is 0.933 bits per heavy atom.